The molecule has 1 unspecified atom stereocenters. The lowest BCUT2D eigenvalue weighted by molar-refractivity contribution is -0.137. The van der Waals surface area contributed by atoms with Crippen LogP contribution in [0.3, 0.4) is 0 Å². The maximum absolute atomic E-state index is 12.9. The van der Waals surface area contributed by atoms with E-state index in [0.717, 1.165) is 10.5 Å². The summed E-state index contributed by atoms with van der Waals surface area (Å²) in [6.07, 6.45) is 3.24. The summed E-state index contributed by atoms with van der Waals surface area (Å²) < 4.78 is 5.10. The number of carbonyl (C=O) groups excluding carboxylic acids is 3. The molecule has 1 aromatic heterocycles. The molecule has 2 heterocycles. The molecule has 2 aromatic rings. The number of imide groups is 1. The lowest BCUT2D eigenvalue weighted by Crippen LogP contribution is -2.44. The van der Waals surface area contributed by atoms with Crippen LogP contribution in [-0.4, -0.2) is 40.8 Å². The maximum atomic E-state index is 12.9. The molecule has 1 aliphatic heterocycles. The number of anilines is 1. The van der Waals surface area contributed by atoms with Crippen molar-refractivity contribution in [2.75, 3.05) is 12.0 Å². The lowest BCUT2D eigenvalue weighted by Gasteiger charge is -2.26. The SMILES string of the molecule is COc1ccc(N2C(=O)CC(N(Cc3cccnc3)C(C)=O)C2=O)cc1. The van der Waals surface area contributed by atoms with Crippen LogP contribution in [0.1, 0.15) is 18.9 Å². The Hall–Kier alpha value is -3.22. The second-order valence-corrected chi connectivity index (χ2v) is 5.99. The second kappa shape index (κ2) is 7.35. The van der Waals surface area contributed by atoms with Gasteiger partial charge in [0.25, 0.3) is 5.91 Å². The van der Waals surface area contributed by atoms with E-state index >= 15 is 0 Å². The van der Waals surface area contributed by atoms with Crippen LogP contribution in [0.2, 0.25) is 0 Å². The third-order valence-electron chi connectivity index (χ3n) is 4.31. The molecule has 1 atom stereocenters. The molecule has 0 aliphatic carbocycles. The second-order valence-electron chi connectivity index (χ2n) is 5.99. The number of hydrogen-bond acceptors (Lipinski definition) is 5. The summed E-state index contributed by atoms with van der Waals surface area (Å²) >= 11 is 0. The minimum absolute atomic E-state index is 0.0370. The normalized spacial score (nSPS) is 16.7. The molecule has 134 valence electrons. The van der Waals surface area contributed by atoms with Gasteiger partial charge >= 0.3 is 0 Å². The number of aromatic nitrogens is 1. The van der Waals surface area contributed by atoms with E-state index in [1.807, 2.05) is 6.07 Å². The molecule has 7 heteroatoms. The van der Waals surface area contributed by atoms with Gasteiger partial charge in [0.05, 0.1) is 19.2 Å². The van der Waals surface area contributed by atoms with Gasteiger partial charge in [0, 0.05) is 25.9 Å². The molecular formula is C19H19N3O4. The minimum atomic E-state index is -0.817. The number of ether oxygens (including phenoxy) is 1. The third-order valence-corrected chi connectivity index (χ3v) is 4.31. The predicted molar refractivity (Wildman–Crippen MR) is 94.4 cm³/mol. The summed E-state index contributed by atoms with van der Waals surface area (Å²) in [7, 11) is 1.54. The van der Waals surface area contributed by atoms with Crippen LogP contribution < -0.4 is 9.64 Å². The first-order valence-electron chi connectivity index (χ1n) is 8.18. The lowest BCUT2D eigenvalue weighted by atomic mass is 10.1. The van der Waals surface area contributed by atoms with Crippen LogP contribution in [0.25, 0.3) is 0 Å². The van der Waals surface area contributed by atoms with Gasteiger partial charge in [0.1, 0.15) is 11.8 Å². The van der Waals surface area contributed by atoms with Gasteiger partial charge in [0.15, 0.2) is 0 Å². The number of benzene rings is 1. The Bertz CT molecular complexity index is 820. The van der Waals surface area contributed by atoms with Crippen molar-refractivity contribution >= 4 is 23.4 Å². The highest BCUT2D eigenvalue weighted by molar-refractivity contribution is 6.23. The zero-order valence-electron chi connectivity index (χ0n) is 14.6. The molecule has 1 saturated heterocycles. The minimum Gasteiger partial charge on any atom is -0.497 e. The monoisotopic (exact) mass is 353 g/mol. The van der Waals surface area contributed by atoms with E-state index in [2.05, 4.69) is 4.98 Å². The number of nitrogens with zero attached hydrogens (tertiary/aromatic N) is 3. The Kier molecular flexibility index (Phi) is 4.97. The van der Waals surface area contributed by atoms with E-state index in [-0.39, 0.29) is 24.8 Å². The topological polar surface area (TPSA) is 79.8 Å². The molecule has 7 nitrogen and oxygen atoms in total. The molecule has 0 saturated carbocycles. The molecule has 3 amide bonds. The highest BCUT2D eigenvalue weighted by Gasteiger charge is 2.43. The molecule has 0 spiro atoms. The molecular weight excluding hydrogens is 334 g/mol. The maximum Gasteiger partial charge on any atom is 0.257 e. The van der Waals surface area contributed by atoms with Crippen molar-refractivity contribution < 1.29 is 19.1 Å². The average Bonchev–Trinajstić information content (AvgIpc) is 2.94. The van der Waals surface area contributed by atoms with Crippen molar-refractivity contribution in [3.63, 3.8) is 0 Å². The highest BCUT2D eigenvalue weighted by atomic mass is 16.5. The predicted octanol–water partition coefficient (Wildman–Crippen LogP) is 1.77. The summed E-state index contributed by atoms with van der Waals surface area (Å²) in [4.78, 5) is 44.0. The number of hydrogen-bond donors (Lipinski definition) is 0. The summed E-state index contributed by atoms with van der Waals surface area (Å²) in [6, 6.07) is 9.43. The van der Waals surface area contributed by atoms with Gasteiger partial charge in [0.2, 0.25) is 11.8 Å². The first-order chi connectivity index (χ1) is 12.5. The first-order valence-corrected chi connectivity index (χ1v) is 8.18. The van der Waals surface area contributed by atoms with Crippen LogP contribution in [0, 0.1) is 0 Å². The van der Waals surface area contributed by atoms with E-state index in [4.69, 9.17) is 4.74 Å². The molecule has 0 N–H and O–H groups in total. The van der Waals surface area contributed by atoms with E-state index in [9.17, 15) is 14.4 Å². The van der Waals surface area contributed by atoms with Gasteiger partial charge in [-0.05, 0) is 35.9 Å². The number of amides is 3. The van der Waals surface area contributed by atoms with E-state index in [0.29, 0.717) is 11.4 Å². The van der Waals surface area contributed by atoms with Crippen molar-refractivity contribution in [3.8, 4) is 5.75 Å². The van der Waals surface area contributed by atoms with Crippen LogP contribution >= 0.6 is 0 Å². The smallest absolute Gasteiger partial charge is 0.257 e. The van der Waals surface area contributed by atoms with Crippen LogP contribution in [0.4, 0.5) is 5.69 Å². The van der Waals surface area contributed by atoms with Gasteiger partial charge in [-0.3, -0.25) is 19.4 Å². The van der Waals surface area contributed by atoms with Gasteiger partial charge in [-0.2, -0.15) is 0 Å². The van der Waals surface area contributed by atoms with Crippen molar-refractivity contribution in [2.45, 2.75) is 25.9 Å². The number of rotatable bonds is 5. The van der Waals surface area contributed by atoms with Crippen molar-refractivity contribution in [3.05, 3.63) is 54.4 Å². The van der Waals surface area contributed by atoms with Crippen molar-refractivity contribution in [1.29, 1.82) is 0 Å². The highest BCUT2D eigenvalue weighted by Crippen LogP contribution is 2.28. The van der Waals surface area contributed by atoms with Crippen LogP contribution in [0.15, 0.2) is 48.8 Å². The summed E-state index contributed by atoms with van der Waals surface area (Å²) in [5.41, 5.74) is 1.26. The molecule has 1 aromatic carbocycles. The van der Waals surface area contributed by atoms with E-state index < -0.39 is 11.9 Å². The fourth-order valence-electron chi connectivity index (χ4n) is 2.99. The molecule has 0 bridgehead atoms. The summed E-state index contributed by atoms with van der Waals surface area (Å²) in [5, 5.41) is 0. The standard InChI is InChI=1S/C19H19N3O4/c1-13(23)21(12-14-4-3-9-20-11-14)17-10-18(24)22(19(17)25)15-5-7-16(26-2)8-6-15/h3-9,11,17H,10,12H2,1-2H3. The Morgan fingerprint density at radius 2 is 2.00 bits per heavy atom. The Balaban J connectivity index is 1.84. The molecule has 3 rings (SSSR count). The van der Waals surface area contributed by atoms with Crippen molar-refractivity contribution in [2.24, 2.45) is 0 Å². The Morgan fingerprint density at radius 3 is 2.58 bits per heavy atom. The summed E-state index contributed by atoms with van der Waals surface area (Å²) in [6.45, 7) is 1.62. The zero-order chi connectivity index (χ0) is 18.7. The van der Waals surface area contributed by atoms with Gasteiger partial charge in [-0.1, -0.05) is 6.07 Å². The number of pyridine rings is 1. The van der Waals surface area contributed by atoms with Crippen molar-refractivity contribution in [1.82, 2.24) is 9.88 Å². The molecule has 0 radical (unpaired) electrons. The Labute approximate surface area is 151 Å². The van der Waals surface area contributed by atoms with Crippen LogP contribution in [0.5, 0.6) is 5.75 Å². The average molecular weight is 353 g/mol. The van der Waals surface area contributed by atoms with Gasteiger partial charge in [-0.15, -0.1) is 0 Å². The van der Waals surface area contributed by atoms with Gasteiger partial charge < -0.3 is 9.64 Å². The van der Waals surface area contributed by atoms with Crippen LogP contribution in [-0.2, 0) is 20.9 Å². The molecule has 1 aliphatic rings. The van der Waals surface area contributed by atoms with E-state index in [1.54, 1.807) is 49.8 Å². The van der Waals surface area contributed by atoms with Gasteiger partial charge in [-0.25, -0.2) is 4.90 Å². The molecule has 1 fully saturated rings. The fraction of sp³-hybridized carbons (Fsp3) is 0.263. The van der Waals surface area contributed by atoms with E-state index in [1.165, 1.54) is 11.8 Å². The quantitative estimate of drug-likeness (QED) is 0.766. The number of carbonyl (C=O) groups is 3. The third kappa shape index (κ3) is 3.42. The summed E-state index contributed by atoms with van der Waals surface area (Å²) in [5.74, 6) is -0.371. The Morgan fingerprint density at radius 1 is 1.27 bits per heavy atom. The fourth-order valence-corrected chi connectivity index (χ4v) is 2.99. The molecule has 26 heavy (non-hydrogen) atoms. The first kappa shape index (κ1) is 17.6. The zero-order valence-corrected chi connectivity index (χ0v) is 14.6. The largest absolute Gasteiger partial charge is 0.497 e. The number of methoxy groups -OCH3 is 1.